The highest BCUT2D eigenvalue weighted by atomic mass is 16.6. The lowest BCUT2D eigenvalue weighted by Crippen LogP contribution is -2.51. The van der Waals surface area contributed by atoms with Crippen LogP contribution in [0.5, 0.6) is 0 Å². The van der Waals surface area contributed by atoms with Gasteiger partial charge in [0.2, 0.25) is 11.8 Å². The van der Waals surface area contributed by atoms with Crippen molar-refractivity contribution in [3.8, 4) is 0 Å². The van der Waals surface area contributed by atoms with Crippen molar-refractivity contribution in [1.29, 1.82) is 0 Å². The molecule has 40 heavy (non-hydrogen) atoms. The number of carbonyl (C=O) groups excluding carboxylic acids is 4. The minimum absolute atomic E-state index is 0.0519. The molecule has 9 nitrogen and oxygen atoms in total. The standard InChI is InChI=1S/C31H38N4O5/c1-19-11-12-23(17-20(19)2)27(28(37)33-24-14-13-21-9-7-8-10-22(21)18-24)35(6)29(38)25(15-16-26(32)36)34-30(39)40-31(3,4)5/h7-14,17-18,25,27H,15-16H2,1-6H3,(H2,32,36)(H,33,37)(H,34,39). The second-order valence-electron chi connectivity index (χ2n) is 11.0. The molecule has 0 aliphatic rings. The molecule has 212 valence electrons. The molecule has 0 aromatic heterocycles. The molecule has 0 heterocycles. The number of likely N-dealkylation sites (N-methyl/N-ethyl adjacent to an activating group) is 1. The molecule has 2 unspecified atom stereocenters. The zero-order chi connectivity index (χ0) is 29.6. The quantitative estimate of drug-likeness (QED) is 0.356. The monoisotopic (exact) mass is 546 g/mol. The van der Waals surface area contributed by atoms with Crippen molar-refractivity contribution >= 4 is 40.3 Å². The zero-order valence-corrected chi connectivity index (χ0v) is 23.9. The number of fused-ring (bicyclic) bond motifs is 1. The second kappa shape index (κ2) is 12.6. The molecule has 0 saturated carbocycles. The van der Waals surface area contributed by atoms with Crippen molar-refractivity contribution in [3.05, 3.63) is 77.4 Å². The first-order valence-corrected chi connectivity index (χ1v) is 13.2. The summed E-state index contributed by atoms with van der Waals surface area (Å²) in [4.78, 5) is 52.9. The van der Waals surface area contributed by atoms with Crippen LogP contribution in [0.25, 0.3) is 10.8 Å². The van der Waals surface area contributed by atoms with Crippen molar-refractivity contribution in [1.82, 2.24) is 10.2 Å². The fourth-order valence-corrected chi connectivity index (χ4v) is 4.33. The largest absolute Gasteiger partial charge is 0.444 e. The number of alkyl carbamates (subject to hydrolysis) is 1. The number of carbonyl (C=O) groups is 4. The summed E-state index contributed by atoms with van der Waals surface area (Å²) < 4.78 is 5.32. The van der Waals surface area contributed by atoms with Crippen LogP contribution in [0.15, 0.2) is 60.7 Å². The maximum Gasteiger partial charge on any atom is 0.408 e. The van der Waals surface area contributed by atoms with Gasteiger partial charge in [-0.25, -0.2) is 4.79 Å². The number of hydrogen-bond donors (Lipinski definition) is 3. The van der Waals surface area contributed by atoms with Crippen LogP contribution in [-0.2, 0) is 19.1 Å². The number of hydrogen-bond acceptors (Lipinski definition) is 5. The van der Waals surface area contributed by atoms with Gasteiger partial charge in [-0.05, 0) is 80.6 Å². The van der Waals surface area contributed by atoms with Gasteiger partial charge in [-0.15, -0.1) is 0 Å². The molecule has 0 spiro atoms. The summed E-state index contributed by atoms with van der Waals surface area (Å²) in [5.74, 6) is -1.62. The first-order chi connectivity index (χ1) is 18.7. The number of ether oxygens (including phenoxy) is 1. The number of primary amides is 1. The van der Waals surface area contributed by atoms with Gasteiger partial charge in [-0.1, -0.05) is 48.5 Å². The van der Waals surface area contributed by atoms with Gasteiger partial charge in [0, 0.05) is 19.2 Å². The molecule has 3 aromatic rings. The van der Waals surface area contributed by atoms with Crippen molar-refractivity contribution in [2.45, 2.75) is 65.1 Å². The van der Waals surface area contributed by atoms with Crippen LogP contribution < -0.4 is 16.4 Å². The van der Waals surface area contributed by atoms with Crippen molar-refractivity contribution in [2.75, 3.05) is 12.4 Å². The Morgan fingerprint density at radius 1 is 0.925 bits per heavy atom. The van der Waals surface area contributed by atoms with Gasteiger partial charge in [0.25, 0.3) is 5.91 Å². The molecule has 0 saturated heterocycles. The highest BCUT2D eigenvalue weighted by Gasteiger charge is 2.34. The lowest BCUT2D eigenvalue weighted by Gasteiger charge is -2.32. The van der Waals surface area contributed by atoms with E-state index in [1.54, 1.807) is 32.9 Å². The van der Waals surface area contributed by atoms with E-state index < -0.39 is 41.5 Å². The van der Waals surface area contributed by atoms with Gasteiger partial charge in [0.15, 0.2) is 0 Å². The molecule has 2 atom stereocenters. The summed E-state index contributed by atoms with van der Waals surface area (Å²) in [6.07, 6.45) is -1.01. The predicted molar refractivity (Wildman–Crippen MR) is 156 cm³/mol. The molecule has 0 aliphatic carbocycles. The lowest BCUT2D eigenvalue weighted by molar-refractivity contribution is -0.139. The number of anilines is 1. The van der Waals surface area contributed by atoms with Gasteiger partial charge >= 0.3 is 6.09 Å². The summed E-state index contributed by atoms with van der Waals surface area (Å²) in [6.45, 7) is 8.99. The normalized spacial score (nSPS) is 12.8. The van der Waals surface area contributed by atoms with E-state index in [1.165, 1.54) is 11.9 Å². The smallest absolute Gasteiger partial charge is 0.408 e. The number of benzene rings is 3. The fraction of sp³-hybridized carbons (Fsp3) is 0.355. The van der Waals surface area contributed by atoms with Gasteiger partial charge in [-0.2, -0.15) is 0 Å². The van der Waals surface area contributed by atoms with E-state index in [0.29, 0.717) is 11.3 Å². The van der Waals surface area contributed by atoms with Crippen molar-refractivity contribution in [2.24, 2.45) is 5.73 Å². The van der Waals surface area contributed by atoms with E-state index in [0.717, 1.165) is 21.9 Å². The van der Waals surface area contributed by atoms with Gasteiger partial charge in [-0.3, -0.25) is 14.4 Å². The fourth-order valence-electron chi connectivity index (χ4n) is 4.33. The van der Waals surface area contributed by atoms with Crippen LogP contribution >= 0.6 is 0 Å². The zero-order valence-electron chi connectivity index (χ0n) is 23.9. The molecular weight excluding hydrogens is 508 g/mol. The Kier molecular flexibility index (Phi) is 9.52. The maximum absolute atomic E-state index is 13.8. The van der Waals surface area contributed by atoms with Crippen LogP contribution in [0.4, 0.5) is 10.5 Å². The molecule has 4 amide bonds. The van der Waals surface area contributed by atoms with E-state index in [1.807, 2.05) is 62.4 Å². The second-order valence-corrected chi connectivity index (χ2v) is 11.0. The molecule has 3 rings (SSSR count). The van der Waals surface area contributed by atoms with E-state index >= 15 is 0 Å². The molecule has 3 aromatic carbocycles. The van der Waals surface area contributed by atoms with Crippen LogP contribution in [0.2, 0.25) is 0 Å². The highest BCUT2D eigenvalue weighted by molar-refractivity contribution is 6.00. The third-order valence-corrected chi connectivity index (χ3v) is 6.52. The van der Waals surface area contributed by atoms with Gasteiger partial charge in [0.05, 0.1) is 0 Å². The minimum atomic E-state index is -1.14. The molecule has 0 aliphatic heterocycles. The summed E-state index contributed by atoms with van der Waals surface area (Å²) in [7, 11) is 1.50. The van der Waals surface area contributed by atoms with Crippen molar-refractivity contribution in [3.63, 3.8) is 0 Å². The molecule has 4 N–H and O–H groups in total. The van der Waals surface area contributed by atoms with E-state index in [-0.39, 0.29) is 12.8 Å². The predicted octanol–water partition coefficient (Wildman–Crippen LogP) is 4.75. The number of nitrogens with zero attached hydrogens (tertiary/aromatic N) is 1. The topological polar surface area (TPSA) is 131 Å². The number of nitrogens with two attached hydrogens (primary N) is 1. The first kappa shape index (κ1) is 30.1. The summed E-state index contributed by atoms with van der Waals surface area (Å²) >= 11 is 0. The van der Waals surface area contributed by atoms with Crippen LogP contribution in [0, 0.1) is 13.8 Å². The van der Waals surface area contributed by atoms with Crippen LogP contribution in [0.1, 0.15) is 56.3 Å². The third-order valence-electron chi connectivity index (χ3n) is 6.52. The molecule has 0 bridgehead atoms. The van der Waals surface area contributed by atoms with Crippen LogP contribution in [0.3, 0.4) is 0 Å². The number of nitrogens with one attached hydrogen (secondary N) is 2. The number of amides is 4. The Hall–Kier alpha value is -4.40. The SMILES string of the molecule is Cc1ccc(C(C(=O)Nc2ccc3ccccc3c2)N(C)C(=O)C(CCC(N)=O)NC(=O)OC(C)(C)C)cc1C. The average Bonchev–Trinajstić information content (AvgIpc) is 2.87. The Morgan fingerprint density at radius 2 is 1.60 bits per heavy atom. The van der Waals surface area contributed by atoms with Crippen molar-refractivity contribution < 1.29 is 23.9 Å². The highest BCUT2D eigenvalue weighted by Crippen LogP contribution is 2.27. The Labute approximate surface area is 235 Å². The lowest BCUT2D eigenvalue weighted by atomic mass is 9.98. The Balaban J connectivity index is 1.95. The summed E-state index contributed by atoms with van der Waals surface area (Å²) in [5, 5.41) is 7.49. The maximum atomic E-state index is 13.8. The summed E-state index contributed by atoms with van der Waals surface area (Å²) in [6, 6.07) is 16.8. The van der Waals surface area contributed by atoms with Crippen LogP contribution in [-0.4, -0.2) is 47.4 Å². The van der Waals surface area contributed by atoms with Gasteiger partial charge in [0.1, 0.15) is 17.7 Å². The minimum Gasteiger partial charge on any atom is -0.444 e. The molecule has 0 radical (unpaired) electrons. The first-order valence-electron chi connectivity index (χ1n) is 13.2. The summed E-state index contributed by atoms with van der Waals surface area (Å²) in [5.41, 5.74) is 7.71. The molecule has 0 fully saturated rings. The van der Waals surface area contributed by atoms with Gasteiger partial charge < -0.3 is 26.0 Å². The molecule has 9 heteroatoms. The third kappa shape index (κ3) is 8.05. The Bertz CT molecular complexity index is 1410. The number of rotatable bonds is 9. The molecular formula is C31H38N4O5. The van der Waals surface area contributed by atoms with E-state index in [2.05, 4.69) is 10.6 Å². The average molecular weight is 547 g/mol. The van der Waals surface area contributed by atoms with E-state index in [4.69, 9.17) is 10.5 Å². The Morgan fingerprint density at radius 3 is 2.23 bits per heavy atom. The van der Waals surface area contributed by atoms with E-state index in [9.17, 15) is 19.2 Å². The number of aryl methyl sites for hydroxylation is 2.